The van der Waals surface area contributed by atoms with Crippen LogP contribution in [-0.2, 0) is 22.7 Å². The Morgan fingerprint density at radius 1 is 0.800 bits per heavy atom. The quantitative estimate of drug-likeness (QED) is 0.221. The van der Waals surface area contributed by atoms with Crippen molar-refractivity contribution >= 4 is 24.6 Å². The van der Waals surface area contributed by atoms with Crippen LogP contribution in [0.5, 0.6) is 0 Å². The number of alkyl halides is 1. The first-order valence-corrected chi connectivity index (χ1v) is 16.5. The second-order valence-corrected chi connectivity index (χ2v) is 12.2. The summed E-state index contributed by atoms with van der Waals surface area (Å²) in [6, 6.07) is 20.0. The molecule has 9 heteroatoms. The standard InChI is InChI=1S/C15H22IN2O2.C15H21NO2.CH4.ClH/c17-16-10-13-7-4-8-14(9-13)18-15(19)20-11-12-5-2-1-3-6-12;1-12-6-5-9-14(10-12)16-15(17)18-11-13-7-3-2-4-8-13;;/h1-3,5-6,13-14H,4,7-11,17H2,(H,18,19);2-4,7-8,12,14H,5-6,9-11H2,1H3,(H,16,17);1H4;1H/q-1;;;/t13-,14+;12-,14+;;/m11../s1. The molecule has 0 saturated heterocycles. The van der Waals surface area contributed by atoms with Gasteiger partial charge in [-0.25, -0.2) is 4.79 Å². The number of hydrogen-bond donors (Lipinski definition) is 3. The van der Waals surface area contributed by atoms with E-state index in [1.807, 2.05) is 60.7 Å². The van der Waals surface area contributed by atoms with Crippen molar-refractivity contribution < 1.29 is 40.5 Å². The molecule has 2 amide bonds. The molecule has 4 N–H and O–H groups in total. The number of nitrogens with one attached hydrogen (secondary N) is 2. The number of alkyl carbamates (subject to hydrolysis) is 2. The third-order valence-corrected chi connectivity index (χ3v) is 8.85. The molecule has 0 spiro atoms. The van der Waals surface area contributed by atoms with E-state index in [0.717, 1.165) is 41.2 Å². The van der Waals surface area contributed by atoms with E-state index in [1.165, 1.54) is 25.7 Å². The van der Waals surface area contributed by atoms with Gasteiger partial charge in [0, 0.05) is 6.04 Å². The Morgan fingerprint density at radius 2 is 1.27 bits per heavy atom. The summed E-state index contributed by atoms with van der Waals surface area (Å²) < 4.78 is 17.4. The fraction of sp³-hybridized carbons (Fsp3) is 0.548. The molecule has 0 bridgehead atoms. The molecule has 40 heavy (non-hydrogen) atoms. The van der Waals surface area contributed by atoms with Crippen LogP contribution in [0.15, 0.2) is 60.7 Å². The molecule has 2 fully saturated rings. The summed E-state index contributed by atoms with van der Waals surface area (Å²) in [5, 5.41) is 5.95. The van der Waals surface area contributed by atoms with E-state index in [4.69, 9.17) is 13.4 Å². The van der Waals surface area contributed by atoms with Gasteiger partial charge in [-0.05, 0) is 24.3 Å². The first-order chi connectivity index (χ1) is 18.5. The molecule has 226 valence electrons. The molecule has 2 aromatic rings. The zero-order chi connectivity index (χ0) is 27.0. The number of carbonyl (C=O) groups excluding carboxylic acids is 2. The second-order valence-electron chi connectivity index (χ2n) is 10.4. The number of amides is 2. The van der Waals surface area contributed by atoms with Crippen LogP contribution in [0, 0.1) is 11.8 Å². The molecule has 2 aromatic carbocycles. The van der Waals surface area contributed by atoms with Gasteiger partial charge in [-0.1, -0.05) is 57.5 Å². The van der Waals surface area contributed by atoms with Gasteiger partial charge in [-0.2, -0.15) is 0 Å². The van der Waals surface area contributed by atoms with Crippen molar-refractivity contribution in [3.8, 4) is 0 Å². The van der Waals surface area contributed by atoms with Crippen LogP contribution in [0.3, 0.4) is 0 Å². The molecular weight excluding hydrogens is 641 g/mol. The third kappa shape index (κ3) is 14.6. The molecule has 7 nitrogen and oxygen atoms in total. The Hall–Kier alpha value is -2.04. The maximum absolute atomic E-state index is 11.8. The Bertz CT molecular complexity index is 952. The summed E-state index contributed by atoms with van der Waals surface area (Å²) in [7, 11) is 0. The monoisotopic (exact) mass is 688 g/mol. The number of benzene rings is 2. The average Bonchev–Trinajstić information content (AvgIpc) is 2.93. The van der Waals surface area contributed by atoms with Crippen molar-refractivity contribution in [1.29, 1.82) is 0 Å². The SMILES string of the molecule is C.C[C@@H]1CCC[C@H](NC(=O)OCc2ccccc2)C1.Cl.N[I-]C[C@@H]1CCC[C@H](NC(=O)OCc2ccccc2)C1. The number of halogens is 2. The van der Waals surface area contributed by atoms with Crippen molar-refractivity contribution in [3.05, 3.63) is 71.8 Å². The number of carbonyl (C=O) groups is 2. The van der Waals surface area contributed by atoms with Gasteiger partial charge < -0.3 is 10.1 Å². The summed E-state index contributed by atoms with van der Waals surface area (Å²) in [6.45, 7) is 2.91. The zero-order valence-electron chi connectivity index (χ0n) is 22.9. The van der Waals surface area contributed by atoms with E-state index < -0.39 is 0 Å². The Labute approximate surface area is 257 Å². The topological polar surface area (TPSA) is 103 Å². The summed E-state index contributed by atoms with van der Waals surface area (Å²) in [6.07, 6.45) is 8.57. The summed E-state index contributed by atoms with van der Waals surface area (Å²) in [5.74, 6) is 1.40. The van der Waals surface area contributed by atoms with Crippen LogP contribution in [0.4, 0.5) is 9.59 Å². The molecule has 2 aliphatic carbocycles. The molecule has 4 atom stereocenters. The second kappa shape index (κ2) is 20.8. The van der Waals surface area contributed by atoms with Gasteiger partial charge >= 0.3 is 137 Å². The van der Waals surface area contributed by atoms with E-state index in [9.17, 15) is 9.59 Å². The summed E-state index contributed by atoms with van der Waals surface area (Å²) >= 11 is -0.140. The van der Waals surface area contributed by atoms with Crippen molar-refractivity contribution in [2.45, 2.75) is 91.0 Å². The third-order valence-electron chi connectivity index (χ3n) is 7.10. The van der Waals surface area contributed by atoms with Crippen molar-refractivity contribution in [3.63, 3.8) is 0 Å². The van der Waals surface area contributed by atoms with Crippen LogP contribution in [0.25, 0.3) is 0 Å². The Kier molecular flexibility index (Phi) is 18.7. The van der Waals surface area contributed by atoms with E-state index in [1.54, 1.807) is 0 Å². The van der Waals surface area contributed by atoms with Crippen LogP contribution in [-0.4, -0.2) is 28.7 Å². The van der Waals surface area contributed by atoms with Gasteiger partial charge in [0.1, 0.15) is 6.61 Å². The van der Waals surface area contributed by atoms with Crippen LogP contribution < -0.4 is 36.1 Å². The van der Waals surface area contributed by atoms with Crippen LogP contribution in [0.1, 0.15) is 76.8 Å². The summed E-state index contributed by atoms with van der Waals surface area (Å²) in [4.78, 5) is 23.5. The zero-order valence-corrected chi connectivity index (χ0v) is 25.8. The Morgan fingerprint density at radius 3 is 1.75 bits per heavy atom. The minimum absolute atomic E-state index is 0. The predicted octanol–water partition coefficient (Wildman–Crippen LogP) is 3.98. The molecule has 0 radical (unpaired) electrons. The van der Waals surface area contributed by atoms with E-state index in [-0.39, 0.29) is 65.6 Å². The van der Waals surface area contributed by atoms with Gasteiger partial charge in [0.15, 0.2) is 0 Å². The van der Waals surface area contributed by atoms with Crippen LogP contribution in [0.2, 0.25) is 0 Å². The summed E-state index contributed by atoms with van der Waals surface area (Å²) in [5.41, 5.74) is 2.03. The first kappa shape index (κ1) is 36.0. The molecule has 4 rings (SSSR count). The Balaban J connectivity index is 0.000000383. The number of ether oxygens (including phenoxy) is 2. The predicted molar refractivity (Wildman–Crippen MR) is 160 cm³/mol. The van der Waals surface area contributed by atoms with Crippen molar-refractivity contribution in [1.82, 2.24) is 10.6 Å². The van der Waals surface area contributed by atoms with E-state index in [0.29, 0.717) is 25.0 Å². The number of nitrogens with two attached hydrogens (primary N) is 1. The molecule has 0 unspecified atom stereocenters. The fourth-order valence-corrected chi connectivity index (χ4v) is 6.64. The molecule has 2 saturated carbocycles. The molecule has 0 heterocycles. The maximum atomic E-state index is 11.8. The molecule has 2 aliphatic rings. The minimum atomic E-state index is -0.304. The van der Waals surface area contributed by atoms with Gasteiger partial charge in [-0.3, -0.25) is 0 Å². The molecule has 0 aliphatic heterocycles. The van der Waals surface area contributed by atoms with E-state index >= 15 is 0 Å². The normalized spacial score (nSPS) is 21.8. The fourth-order valence-electron chi connectivity index (χ4n) is 5.12. The number of rotatable bonds is 8. The van der Waals surface area contributed by atoms with Gasteiger partial charge in [-0.15, -0.1) is 12.4 Å². The first-order valence-electron chi connectivity index (χ1n) is 13.7. The van der Waals surface area contributed by atoms with Gasteiger partial charge in [0.25, 0.3) is 0 Å². The number of hydrogen-bond acceptors (Lipinski definition) is 5. The van der Waals surface area contributed by atoms with Crippen LogP contribution >= 0.6 is 12.4 Å². The van der Waals surface area contributed by atoms with Crippen molar-refractivity contribution in [2.24, 2.45) is 15.8 Å². The molecular formula is C31H48ClIN3O4-. The van der Waals surface area contributed by atoms with Crippen molar-refractivity contribution in [2.75, 3.05) is 4.43 Å². The van der Waals surface area contributed by atoms with E-state index in [2.05, 4.69) is 17.6 Å². The van der Waals surface area contributed by atoms with Gasteiger partial charge in [0.05, 0.1) is 0 Å². The van der Waals surface area contributed by atoms with Gasteiger partial charge in [0.2, 0.25) is 0 Å². The average molecular weight is 689 g/mol. The molecule has 0 aromatic heterocycles.